The van der Waals surface area contributed by atoms with E-state index >= 15 is 0 Å². The SMILES string of the molecule is CC(=O)N(CC(=O)N1CCc2ccccc21)c1ccc(C#N)cc1. The van der Waals surface area contributed by atoms with Crippen LogP contribution in [0.2, 0.25) is 0 Å². The average Bonchev–Trinajstić information content (AvgIpc) is 3.03. The van der Waals surface area contributed by atoms with E-state index in [0.29, 0.717) is 17.8 Å². The van der Waals surface area contributed by atoms with Crippen molar-refractivity contribution in [2.24, 2.45) is 0 Å². The molecule has 0 aliphatic carbocycles. The van der Waals surface area contributed by atoms with Crippen molar-refractivity contribution in [3.8, 4) is 6.07 Å². The fourth-order valence-corrected chi connectivity index (χ4v) is 2.92. The van der Waals surface area contributed by atoms with Crippen LogP contribution in [0.15, 0.2) is 48.5 Å². The zero-order chi connectivity index (χ0) is 17.1. The predicted octanol–water partition coefficient (Wildman–Crippen LogP) is 2.50. The van der Waals surface area contributed by atoms with Gasteiger partial charge in [-0.05, 0) is 42.3 Å². The van der Waals surface area contributed by atoms with E-state index in [1.807, 2.05) is 30.3 Å². The van der Waals surface area contributed by atoms with Gasteiger partial charge >= 0.3 is 0 Å². The van der Waals surface area contributed by atoms with Crippen molar-refractivity contribution < 1.29 is 9.59 Å². The molecule has 1 heterocycles. The Kier molecular flexibility index (Phi) is 4.30. The lowest BCUT2D eigenvalue weighted by Gasteiger charge is -2.24. The standard InChI is InChI=1S/C19H17N3O2/c1-14(23)22(17-8-6-15(12-20)7-9-17)13-19(24)21-11-10-16-4-2-3-5-18(16)21/h2-9H,10-11,13H2,1H3. The second-order valence-corrected chi connectivity index (χ2v) is 5.69. The molecule has 0 radical (unpaired) electrons. The monoisotopic (exact) mass is 319 g/mol. The van der Waals surface area contributed by atoms with Gasteiger partial charge in [0.2, 0.25) is 11.8 Å². The Morgan fingerprint density at radius 1 is 1.17 bits per heavy atom. The largest absolute Gasteiger partial charge is 0.310 e. The first kappa shape index (κ1) is 15.8. The third kappa shape index (κ3) is 2.99. The van der Waals surface area contributed by atoms with Gasteiger partial charge in [0.05, 0.1) is 11.6 Å². The predicted molar refractivity (Wildman–Crippen MR) is 91.7 cm³/mol. The van der Waals surface area contributed by atoms with E-state index in [1.54, 1.807) is 29.2 Å². The molecular weight excluding hydrogens is 302 g/mol. The Hall–Kier alpha value is -3.13. The third-order valence-electron chi connectivity index (χ3n) is 4.17. The number of benzene rings is 2. The van der Waals surface area contributed by atoms with Crippen molar-refractivity contribution in [1.29, 1.82) is 5.26 Å². The van der Waals surface area contributed by atoms with Crippen LogP contribution in [0.4, 0.5) is 11.4 Å². The lowest BCUT2D eigenvalue weighted by atomic mass is 10.2. The molecule has 0 N–H and O–H groups in total. The quantitative estimate of drug-likeness (QED) is 0.873. The molecule has 0 bridgehead atoms. The second kappa shape index (κ2) is 6.55. The molecular formula is C19H17N3O2. The Labute approximate surface area is 140 Å². The van der Waals surface area contributed by atoms with E-state index in [-0.39, 0.29) is 18.4 Å². The van der Waals surface area contributed by atoms with Crippen molar-refractivity contribution in [2.75, 3.05) is 22.9 Å². The van der Waals surface area contributed by atoms with Gasteiger partial charge in [0, 0.05) is 24.8 Å². The number of hydrogen-bond donors (Lipinski definition) is 0. The van der Waals surface area contributed by atoms with Gasteiger partial charge in [-0.1, -0.05) is 18.2 Å². The Morgan fingerprint density at radius 2 is 1.88 bits per heavy atom. The Balaban J connectivity index is 1.80. The van der Waals surface area contributed by atoms with E-state index < -0.39 is 0 Å². The molecule has 0 saturated heterocycles. The molecule has 5 heteroatoms. The number of nitriles is 1. The molecule has 2 aromatic carbocycles. The molecule has 5 nitrogen and oxygen atoms in total. The summed E-state index contributed by atoms with van der Waals surface area (Å²) in [6.07, 6.45) is 0.832. The highest BCUT2D eigenvalue weighted by Gasteiger charge is 2.26. The fraction of sp³-hybridized carbons (Fsp3) is 0.211. The van der Waals surface area contributed by atoms with Crippen LogP contribution in [0, 0.1) is 11.3 Å². The first-order valence-electron chi connectivity index (χ1n) is 7.76. The third-order valence-corrected chi connectivity index (χ3v) is 4.17. The van der Waals surface area contributed by atoms with E-state index in [4.69, 9.17) is 5.26 Å². The fourth-order valence-electron chi connectivity index (χ4n) is 2.92. The van der Waals surface area contributed by atoms with Crippen LogP contribution < -0.4 is 9.80 Å². The molecule has 3 rings (SSSR count). The van der Waals surface area contributed by atoms with Crippen molar-refractivity contribution >= 4 is 23.2 Å². The van der Waals surface area contributed by atoms with Gasteiger partial charge in [-0.25, -0.2) is 0 Å². The minimum Gasteiger partial charge on any atom is -0.310 e. The zero-order valence-electron chi connectivity index (χ0n) is 13.4. The molecule has 0 saturated carbocycles. The van der Waals surface area contributed by atoms with Gasteiger partial charge in [-0.3, -0.25) is 9.59 Å². The number of hydrogen-bond acceptors (Lipinski definition) is 3. The summed E-state index contributed by atoms with van der Waals surface area (Å²) in [6, 6.07) is 16.5. The number of carbonyl (C=O) groups is 2. The molecule has 0 atom stereocenters. The highest BCUT2D eigenvalue weighted by molar-refractivity contribution is 6.03. The maximum Gasteiger partial charge on any atom is 0.247 e. The van der Waals surface area contributed by atoms with Gasteiger partial charge in [-0.15, -0.1) is 0 Å². The maximum atomic E-state index is 12.7. The zero-order valence-corrected chi connectivity index (χ0v) is 13.4. The molecule has 0 spiro atoms. The van der Waals surface area contributed by atoms with E-state index in [1.165, 1.54) is 11.8 Å². The van der Waals surface area contributed by atoms with Gasteiger partial charge in [0.1, 0.15) is 6.54 Å². The van der Waals surface area contributed by atoms with E-state index in [2.05, 4.69) is 0 Å². The number of amides is 2. The van der Waals surface area contributed by atoms with Crippen LogP contribution in [0.1, 0.15) is 18.1 Å². The maximum absolute atomic E-state index is 12.7. The number of nitrogens with zero attached hydrogens (tertiary/aromatic N) is 3. The lowest BCUT2D eigenvalue weighted by Crippen LogP contribution is -2.41. The number of carbonyl (C=O) groups excluding carboxylic acids is 2. The number of anilines is 2. The number of fused-ring (bicyclic) bond motifs is 1. The van der Waals surface area contributed by atoms with Crippen LogP contribution in [0.3, 0.4) is 0 Å². The molecule has 120 valence electrons. The first-order chi connectivity index (χ1) is 11.6. The van der Waals surface area contributed by atoms with Crippen molar-refractivity contribution in [2.45, 2.75) is 13.3 Å². The van der Waals surface area contributed by atoms with Crippen LogP contribution in [-0.4, -0.2) is 24.9 Å². The summed E-state index contributed by atoms with van der Waals surface area (Å²) in [5.41, 5.74) is 3.20. The molecule has 0 fully saturated rings. The van der Waals surface area contributed by atoms with Crippen molar-refractivity contribution in [1.82, 2.24) is 0 Å². The Morgan fingerprint density at radius 3 is 2.54 bits per heavy atom. The minimum atomic E-state index is -0.208. The number of para-hydroxylation sites is 1. The van der Waals surface area contributed by atoms with E-state index in [9.17, 15) is 9.59 Å². The van der Waals surface area contributed by atoms with Crippen LogP contribution in [-0.2, 0) is 16.0 Å². The second-order valence-electron chi connectivity index (χ2n) is 5.69. The van der Waals surface area contributed by atoms with Crippen molar-refractivity contribution in [3.05, 3.63) is 59.7 Å². The molecule has 1 aliphatic heterocycles. The first-order valence-corrected chi connectivity index (χ1v) is 7.76. The molecule has 0 aromatic heterocycles. The molecule has 2 aromatic rings. The normalized spacial score (nSPS) is 12.4. The van der Waals surface area contributed by atoms with Gasteiger partial charge in [0.15, 0.2) is 0 Å². The molecule has 1 aliphatic rings. The Bertz CT molecular complexity index is 821. The summed E-state index contributed by atoms with van der Waals surface area (Å²) in [6.45, 7) is 2.05. The summed E-state index contributed by atoms with van der Waals surface area (Å²) >= 11 is 0. The summed E-state index contributed by atoms with van der Waals surface area (Å²) in [7, 11) is 0. The topological polar surface area (TPSA) is 64.4 Å². The smallest absolute Gasteiger partial charge is 0.247 e. The van der Waals surface area contributed by atoms with Gasteiger partial charge < -0.3 is 9.80 Å². The molecule has 24 heavy (non-hydrogen) atoms. The van der Waals surface area contributed by atoms with Gasteiger partial charge in [-0.2, -0.15) is 5.26 Å². The van der Waals surface area contributed by atoms with Crippen LogP contribution in [0.5, 0.6) is 0 Å². The average molecular weight is 319 g/mol. The molecule has 0 unspecified atom stereocenters. The highest BCUT2D eigenvalue weighted by atomic mass is 16.2. The van der Waals surface area contributed by atoms with E-state index in [0.717, 1.165) is 17.7 Å². The van der Waals surface area contributed by atoms with Crippen LogP contribution in [0.25, 0.3) is 0 Å². The summed E-state index contributed by atoms with van der Waals surface area (Å²) in [4.78, 5) is 27.9. The van der Waals surface area contributed by atoms with Gasteiger partial charge in [0.25, 0.3) is 0 Å². The lowest BCUT2D eigenvalue weighted by molar-refractivity contribution is -0.121. The number of rotatable bonds is 3. The highest BCUT2D eigenvalue weighted by Crippen LogP contribution is 2.28. The van der Waals surface area contributed by atoms with Crippen molar-refractivity contribution in [3.63, 3.8) is 0 Å². The summed E-state index contributed by atoms with van der Waals surface area (Å²) in [5.74, 6) is -0.319. The molecule has 2 amide bonds. The summed E-state index contributed by atoms with van der Waals surface area (Å²) in [5, 5.41) is 8.87. The summed E-state index contributed by atoms with van der Waals surface area (Å²) < 4.78 is 0. The minimum absolute atomic E-state index is 0.0183. The van der Waals surface area contributed by atoms with Crippen LogP contribution >= 0.6 is 0 Å².